The van der Waals surface area contributed by atoms with E-state index in [0.29, 0.717) is 17.1 Å². The second-order valence-electron chi connectivity index (χ2n) is 4.03. The van der Waals surface area contributed by atoms with Gasteiger partial charge in [-0.25, -0.2) is 0 Å². The lowest BCUT2D eigenvalue weighted by molar-refractivity contribution is -0.119. The molecule has 1 rings (SSSR count). The van der Waals surface area contributed by atoms with Crippen molar-refractivity contribution in [3.05, 3.63) is 23.8 Å². The maximum absolute atomic E-state index is 10.8. The fourth-order valence-corrected chi connectivity index (χ4v) is 1.71. The lowest BCUT2D eigenvalue weighted by atomic mass is 10.0. The number of nitrogens with one attached hydrogen (secondary N) is 1. The second kappa shape index (κ2) is 6.96. The lowest BCUT2D eigenvalue weighted by Crippen LogP contribution is -2.34. The van der Waals surface area contributed by atoms with Gasteiger partial charge in [0, 0.05) is 19.0 Å². The summed E-state index contributed by atoms with van der Waals surface area (Å²) in [5, 5.41) is 22.4. The number of amides is 1. The van der Waals surface area contributed by atoms with Crippen LogP contribution in [0.1, 0.15) is 18.6 Å². The molecule has 0 radical (unpaired) electrons. The van der Waals surface area contributed by atoms with E-state index >= 15 is 0 Å². The molecule has 0 bridgehead atoms. The number of hydrogen-bond donors (Lipinski definition) is 3. The normalized spacial score (nSPS) is 13.5. The van der Waals surface area contributed by atoms with E-state index in [9.17, 15) is 15.0 Å². The molecule has 1 aromatic rings. The minimum absolute atomic E-state index is 0.0448. The summed E-state index contributed by atoms with van der Waals surface area (Å²) in [6, 6.07) is 5.00. The van der Waals surface area contributed by atoms with E-state index in [2.05, 4.69) is 5.32 Å². The van der Waals surface area contributed by atoms with Gasteiger partial charge in [-0.3, -0.25) is 4.79 Å². The maximum atomic E-state index is 10.8. The number of carbonyl (C=O) groups excluding carboxylic acids is 1. The van der Waals surface area contributed by atoms with Crippen LogP contribution in [0.15, 0.2) is 18.2 Å². The van der Waals surface area contributed by atoms with E-state index in [0.717, 1.165) is 0 Å². The first-order chi connectivity index (χ1) is 9.01. The highest BCUT2D eigenvalue weighted by Gasteiger charge is 2.23. The molecule has 0 aliphatic carbocycles. The summed E-state index contributed by atoms with van der Waals surface area (Å²) >= 11 is 0. The molecule has 1 amide bonds. The second-order valence-corrected chi connectivity index (χ2v) is 4.03. The molecule has 0 saturated heterocycles. The molecule has 3 N–H and O–H groups in total. The van der Waals surface area contributed by atoms with Crippen molar-refractivity contribution in [2.24, 2.45) is 0 Å². The van der Waals surface area contributed by atoms with Gasteiger partial charge in [0.15, 0.2) is 11.5 Å². The third-order valence-electron chi connectivity index (χ3n) is 2.68. The first-order valence-corrected chi connectivity index (χ1v) is 5.82. The number of hydrogen-bond acceptors (Lipinski definition) is 5. The predicted octanol–water partition coefficient (Wildman–Crippen LogP) is 0.234. The van der Waals surface area contributed by atoms with Crippen LogP contribution in [-0.4, -0.2) is 43.0 Å². The number of rotatable bonds is 6. The molecular weight excluding hydrogens is 250 g/mol. The van der Waals surface area contributed by atoms with Gasteiger partial charge in [-0.05, 0) is 6.07 Å². The van der Waals surface area contributed by atoms with Gasteiger partial charge in [-0.1, -0.05) is 12.1 Å². The molecule has 2 unspecified atom stereocenters. The van der Waals surface area contributed by atoms with Gasteiger partial charge >= 0.3 is 0 Å². The number of ether oxygens (including phenoxy) is 2. The molecule has 0 heterocycles. The molecule has 0 spiro atoms. The molecule has 6 heteroatoms. The predicted molar refractivity (Wildman–Crippen MR) is 69.2 cm³/mol. The summed E-state index contributed by atoms with van der Waals surface area (Å²) in [5.74, 6) is 0.550. The lowest BCUT2D eigenvalue weighted by Gasteiger charge is -2.21. The van der Waals surface area contributed by atoms with E-state index in [1.807, 2.05) is 0 Å². The zero-order valence-corrected chi connectivity index (χ0v) is 11.2. The molecule has 19 heavy (non-hydrogen) atoms. The van der Waals surface area contributed by atoms with Crippen molar-refractivity contribution in [2.75, 3.05) is 20.8 Å². The molecule has 0 aliphatic heterocycles. The van der Waals surface area contributed by atoms with E-state index < -0.39 is 12.2 Å². The van der Waals surface area contributed by atoms with Crippen LogP contribution >= 0.6 is 0 Å². The fraction of sp³-hybridized carbons (Fsp3) is 0.462. The first-order valence-electron chi connectivity index (χ1n) is 5.82. The topological polar surface area (TPSA) is 88.0 Å². The molecule has 6 nitrogen and oxygen atoms in total. The number of aliphatic hydroxyl groups is 2. The number of para-hydroxylation sites is 1. The average molecular weight is 269 g/mol. The minimum atomic E-state index is -1.18. The van der Waals surface area contributed by atoms with Crippen molar-refractivity contribution in [3.63, 3.8) is 0 Å². The van der Waals surface area contributed by atoms with Gasteiger partial charge in [0.2, 0.25) is 5.91 Å². The minimum Gasteiger partial charge on any atom is -0.493 e. The zero-order valence-electron chi connectivity index (χ0n) is 11.2. The van der Waals surface area contributed by atoms with Crippen molar-refractivity contribution in [1.29, 1.82) is 0 Å². The van der Waals surface area contributed by atoms with Crippen LogP contribution in [0.25, 0.3) is 0 Å². The first kappa shape index (κ1) is 15.3. The van der Waals surface area contributed by atoms with Crippen molar-refractivity contribution in [1.82, 2.24) is 5.32 Å². The van der Waals surface area contributed by atoms with Crippen LogP contribution in [0.5, 0.6) is 11.5 Å². The van der Waals surface area contributed by atoms with Crippen molar-refractivity contribution in [3.8, 4) is 11.5 Å². The van der Waals surface area contributed by atoms with Crippen LogP contribution in [-0.2, 0) is 4.79 Å². The Kier molecular flexibility index (Phi) is 5.59. The summed E-state index contributed by atoms with van der Waals surface area (Å²) in [5.41, 5.74) is 0.403. The Morgan fingerprint density at radius 3 is 2.53 bits per heavy atom. The SMILES string of the molecule is COc1cccc(C(O)C(O)CNC(C)=O)c1OC. The van der Waals surface area contributed by atoms with E-state index in [1.165, 1.54) is 21.1 Å². The fourth-order valence-electron chi connectivity index (χ4n) is 1.71. The largest absolute Gasteiger partial charge is 0.493 e. The highest BCUT2D eigenvalue weighted by Crippen LogP contribution is 2.35. The van der Waals surface area contributed by atoms with Gasteiger partial charge in [-0.15, -0.1) is 0 Å². The summed E-state index contributed by atoms with van der Waals surface area (Å²) < 4.78 is 10.3. The molecule has 0 fully saturated rings. The van der Waals surface area contributed by atoms with E-state index in [-0.39, 0.29) is 12.5 Å². The molecule has 0 aliphatic rings. The Labute approximate surface area is 112 Å². The standard InChI is InChI=1S/C13H19NO5/c1-8(15)14-7-10(16)12(17)9-5-4-6-11(18-2)13(9)19-3/h4-6,10,12,16-17H,7H2,1-3H3,(H,14,15). The molecule has 2 atom stereocenters. The van der Waals surface area contributed by atoms with Crippen LogP contribution in [0.2, 0.25) is 0 Å². The molecule has 0 saturated carbocycles. The zero-order chi connectivity index (χ0) is 14.4. The van der Waals surface area contributed by atoms with Crippen molar-refractivity contribution >= 4 is 5.91 Å². The highest BCUT2D eigenvalue weighted by molar-refractivity contribution is 5.72. The van der Waals surface area contributed by atoms with Crippen LogP contribution in [0.3, 0.4) is 0 Å². The van der Waals surface area contributed by atoms with Crippen LogP contribution in [0.4, 0.5) is 0 Å². The van der Waals surface area contributed by atoms with Gasteiger partial charge in [-0.2, -0.15) is 0 Å². The summed E-state index contributed by atoms with van der Waals surface area (Å²) in [4.78, 5) is 10.8. The van der Waals surface area contributed by atoms with Gasteiger partial charge < -0.3 is 25.0 Å². The van der Waals surface area contributed by atoms with E-state index in [1.54, 1.807) is 18.2 Å². The number of aliphatic hydroxyl groups excluding tert-OH is 2. The summed E-state index contributed by atoms with van der Waals surface area (Å²) in [7, 11) is 2.94. The number of benzene rings is 1. The Bertz CT molecular complexity index is 435. The highest BCUT2D eigenvalue weighted by atomic mass is 16.5. The average Bonchev–Trinajstić information content (AvgIpc) is 2.42. The molecular formula is C13H19NO5. The monoisotopic (exact) mass is 269 g/mol. The Hall–Kier alpha value is -1.79. The van der Waals surface area contributed by atoms with Crippen molar-refractivity contribution < 1.29 is 24.5 Å². The number of methoxy groups -OCH3 is 2. The Morgan fingerprint density at radius 2 is 2.00 bits per heavy atom. The van der Waals surface area contributed by atoms with Crippen LogP contribution < -0.4 is 14.8 Å². The van der Waals surface area contributed by atoms with Gasteiger partial charge in [0.1, 0.15) is 12.2 Å². The van der Waals surface area contributed by atoms with Crippen LogP contribution in [0, 0.1) is 0 Å². The van der Waals surface area contributed by atoms with Gasteiger partial charge in [0.05, 0.1) is 14.2 Å². The smallest absolute Gasteiger partial charge is 0.216 e. The third kappa shape index (κ3) is 3.84. The Morgan fingerprint density at radius 1 is 1.32 bits per heavy atom. The summed E-state index contributed by atoms with van der Waals surface area (Å²) in [6.07, 6.45) is -2.32. The van der Waals surface area contributed by atoms with Gasteiger partial charge in [0.25, 0.3) is 0 Å². The number of carbonyl (C=O) groups is 1. The quantitative estimate of drug-likeness (QED) is 0.688. The molecule has 106 valence electrons. The molecule has 1 aromatic carbocycles. The van der Waals surface area contributed by atoms with Crippen molar-refractivity contribution in [2.45, 2.75) is 19.1 Å². The summed E-state index contributed by atoms with van der Waals surface area (Å²) in [6.45, 7) is 1.29. The molecule has 0 aromatic heterocycles. The maximum Gasteiger partial charge on any atom is 0.216 e. The third-order valence-corrected chi connectivity index (χ3v) is 2.68. The Balaban J connectivity index is 2.92. The van der Waals surface area contributed by atoms with E-state index in [4.69, 9.17) is 9.47 Å².